The average Bonchev–Trinajstić information content (AvgIpc) is 2.62. The molecule has 0 N–H and O–H groups in total. The van der Waals surface area contributed by atoms with E-state index >= 15 is 0 Å². The van der Waals surface area contributed by atoms with Gasteiger partial charge in [0.15, 0.2) is 0 Å². The maximum Gasteiger partial charge on any atom is 0.123 e. The van der Waals surface area contributed by atoms with Gasteiger partial charge in [0.1, 0.15) is 5.82 Å². The van der Waals surface area contributed by atoms with Crippen LogP contribution < -0.4 is 0 Å². The molecular weight excluding hydrogens is 307 g/mol. The molecule has 0 spiro atoms. The Bertz CT molecular complexity index is 489. The van der Waals surface area contributed by atoms with E-state index in [4.69, 9.17) is 9.47 Å². The molecule has 2 saturated heterocycles. The molecule has 1 aromatic carbocycles. The van der Waals surface area contributed by atoms with E-state index in [0.717, 1.165) is 50.9 Å². The fourth-order valence-electron chi connectivity index (χ4n) is 3.73. The van der Waals surface area contributed by atoms with Gasteiger partial charge in [-0.25, -0.2) is 4.39 Å². The summed E-state index contributed by atoms with van der Waals surface area (Å²) in [6, 6.07) is 6.73. The second kappa shape index (κ2) is 8.90. The number of benzene rings is 1. The Balaban J connectivity index is 1.45. The molecule has 1 atom stereocenters. The molecule has 24 heavy (non-hydrogen) atoms. The number of piperidine rings is 1. The summed E-state index contributed by atoms with van der Waals surface area (Å²) in [6.45, 7) is 8.06. The quantitative estimate of drug-likeness (QED) is 0.797. The third-order valence-electron chi connectivity index (χ3n) is 5.23. The van der Waals surface area contributed by atoms with Gasteiger partial charge in [-0.05, 0) is 49.5 Å². The zero-order chi connectivity index (χ0) is 16.8. The lowest BCUT2D eigenvalue weighted by Gasteiger charge is -2.38. The average molecular weight is 336 g/mol. The topological polar surface area (TPSA) is 24.9 Å². The van der Waals surface area contributed by atoms with E-state index < -0.39 is 0 Å². The molecule has 0 radical (unpaired) electrons. The Hall–Kier alpha value is -1.01. The molecule has 4 nitrogen and oxygen atoms in total. The smallest absolute Gasteiger partial charge is 0.123 e. The van der Waals surface area contributed by atoms with E-state index in [1.807, 2.05) is 12.1 Å². The minimum atomic E-state index is -0.188. The van der Waals surface area contributed by atoms with Crippen LogP contribution >= 0.6 is 0 Å². The van der Waals surface area contributed by atoms with Gasteiger partial charge in [0.05, 0.1) is 19.3 Å². The van der Waals surface area contributed by atoms with Crippen LogP contribution in [0, 0.1) is 11.7 Å². The molecule has 2 aliphatic heterocycles. The highest BCUT2D eigenvalue weighted by Crippen LogP contribution is 2.25. The SMILES string of the molecule is COCCN1CCC(CN2CCOC(c3ccc(F)cc3)C2)CC1. The van der Waals surface area contributed by atoms with E-state index in [1.165, 1.54) is 38.1 Å². The number of rotatable bonds is 6. The minimum absolute atomic E-state index is 0.0705. The summed E-state index contributed by atoms with van der Waals surface area (Å²) in [5, 5.41) is 0. The van der Waals surface area contributed by atoms with Crippen molar-refractivity contribution in [2.24, 2.45) is 5.92 Å². The van der Waals surface area contributed by atoms with Gasteiger partial charge < -0.3 is 14.4 Å². The third kappa shape index (κ3) is 4.99. The molecule has 0 aliphatic carbocycles. The normalized spacial score (nSPS) is 24.3. The maximum absolute atomic E-state index is 13.1. The molecule has 134 valence electrons. The first-order valence-corrected chi connectivity index (χ1v) is 9.05. The van der Waals surface area contributed by atoms with Gasteiger partial charge >= 0.3 is 0 Å². The Labute approximate surface area is 144 Å². The highest BCUT2D eigenvalue weighted by molar-refractivity contribution is 5.19. The standard InChI is InChI=1S/C19H29FN2O2/c1-23-12-10-21-8-6-16(7-9-21)14-22-11-13-24-19(15-22)17-2-4-18(20)5-3-17/h2-5,16,19H,6-15H2,1H3. The van der Waals surface area contributed by atoms with Crippen molar-refractivity contribution < 1.29 is 13.9 Å². The van der Waals surface area contributed by atoms with Gasteiger partial charge in [-0.3, -0.25) is 4.90 Å². The number of hydrogen-bond acceptors (Lipinski definition) is 4. The third-order valence-corrected chi connectivity index (χ3v) is 5.23. The van der Waals surface area contributed by atoms with Crippen molar-refractivity contribution in [3.8, 4) is 0 Å². The second-order valence-electron chi connectivity index (χ2n) is 6.95. The van der Waals surface area contributed by atoms with Crippen molar-refractivity contribution in [3.05, 3.63) is 35.6 Å². The molecule has 0 amide bonds. The number of methoxy groups -OCH3 is 1. The van der Waals surface area contributed by atoms with E-state index in [9.17, 15) is 4.39 Å². The summed E-state index contributed by atoms with van der Waals surface area (Å²) < 4.78 is 24.2. The number of nitrogens with zero attached hydrogens (tertiary/aromatic N) is 2. The summed E-state index contributed by atoms with van der Waals surface area (Å²) >= 11 is 0. The predicted octanol–water partition coefficient (Wildman–Crippen LogP) is 2.56. The maximum atomic E-state index is 13.1. The van der Waals surface area contributed by atoms with Crippen LogP contribution in [0.25, 0.3) is 0 Å². The van der Waals surface area contributed by atoms with E-state index in [1.54, 1.807) is 7.11 Å². The van der Waals surface area contributed by atoms with Crippen LogP contribution in [0.15, 0.2) is 24.3 Å². The van der Waals surface area contributed by atoms with E-state index in [-0.39, 0.29) is 11.9 Å². The van der Waals surface area contributed by atoms with Gasteiger partial charge in [-0.2, -0.15) is 0 Å². The van der Waals surface area contributed by atoms with Crippen LogP contribution in [0.1, 0.15) is 24.5 Å². The largest absolute Gasteiger partial charge is 0.383 e. The summed E-state index contributed by atoms with van der Waals surface area (Å²) in [5.74, 6) is 0.586. The molecular formula is C19H29FN2O2. The number of ether oxygens (including phenoxy) is 2. The van der Waals surface area contributed by atoms with Crippen LogP contribution in [0.2, 0.25) is 0 Å². The second-order valence-corrected chi connectivity index (χ2v) is 6.95. The summed E-state index contributed by atoms with van der Waals surface area (Å²) in [7, 11) is 1.77. The lowest BCUT2D eigenvalue weighted by atomic mass is 9.95. The van der Waals surface area contributed by atoms with Crippen molar-refractivity contribution in [1.29, 1.82) is 0 Å². The Morgan fingerprint density at radius 2 is 1.88 bits per heavy atom. The highest BCUT2D eigenvalue weighted by atomic mass is 19.1. The van der Waals surface area contributed by atoms with Gasteiger partial charge in [0, 0.05) is 33.3 Å². The van der Waals surface area contributed by atoms with Gasteiger partial charge in [-0.1, -0.05) is 12.1 Å². The zero-order valence-corrected chi connectivity index (χ0v) is 14.6. The van der Waals surface area contributed by atoms with Crippen molar-refractivity contribution >= 4 is 0 Å². The number of morpholine rings is 1. The predicted molar refractivity (Wildman–Crippen MR) is 92.6 cm³/mol. The van der Waals surface area contributed by atoms with Crippen LogP contribution in [0.5, 0.6) is 0 Å². The van der Waals surface area contributed by atoms with Crippen molar-refractivity contribution in [1.82, 2.24) is 9.80 Å². The molecule has 2 heterocycles. The highest BCUT2D eigenvalue weighted by Gasteiger charge is 2.26. The first-order chi connectivity index (χ1) is 11.7. The molecule has 0 aromatic heterocycles. The fourth-order valence-corrected chi connectivity index (χ4v) is 3.73. The number of halogens is 1. The molecule has 3 rings (SSSR count). The van der Waals surface area contributed by atoms with Crippen molar-refractivity contribution in [2.45, 2.75) is 18.9 Å². The number of hydrogen-bond donors (Lipinski definition) is 0. The lowest BCUT2D eigenvalue weighted by molar-refractivity contribution is -0.0374. The summed E-state index contributed by atoms with van der Waals surface area (Å²) in [5.41, 5.74) is 1.08. The summed E-state index contributed by atoms with van der Waals surface area (Å²) in [6.07, 6.45) is 2.60. The summed E-state index contributed by atoms with van der Waals surface area (Å²) in [4.78, 5) is 5.02. The molecule has 1 aromatic rings. The van der Waals surface area contributed by atoms with Gasteiger partial charge in [-0.15, -0.1) is 0 Å². The fraction of sp³-hybridized carbons (Fsp3) is 0.684. The monoisotopic (exact) mass is 336 g/mol. The van der Waals surface area contributed by atoms with E-state index in [2.05, 4.69) is 9.80 Å². The first-order valence-electron chi connectivity index (χ1n) is 9.05. The van der Waals surface area contributed by atoms with Crippen molar-refractivity contribution in [2.75, 3.05) is 59.6 Å². The van der Waals surface area contributed by atoms with Crippen molar-refractivity contribution in [3.63, 3.8) is 0 Å². The van der Waals surface area contributed by atoms with Crippen LogP contribution in [-0.4, -0.2) is 69.4 Å². The molecule has 0 bridgehead atoms. The zero-order valence-electron chi connectivity index (χ0n) is 14.6. The minimum Gasteiger partial charge on any atom is -0.383 e. The van der Waals surface area contributed by atoms with Crippen LogP contribution in [0.4, 0.5) is 4.39 Å². The Kier molecular flexibility index (Phi) is 6.60. The van der Waals surface area contributed by atoms with Gasteiger partial charge in [0.2, 0.25) is 0 Å². The molecule has 1 unspecified atom stereocenters. The molecule has 2 fully saturated rings. The Morgan fingerprint density at radius 1 is 1.12 bits per heavy atom. The number of likely N-dealkylation sites (tertiary alicyclic amines) is 1. The molecule has 5 heteroatoms. The first kappa shape index (κ1) is 17.8. The van der Waals surface area contributed by atoms with Crippen LogP contribution in [-0.2, 0) is 9.47 Å². The molecule has 0 saturated carbocycles. The Morgan fingerprint density at radius 3 is 2.58 bits per heavy atom. The van der Waals surface area contributed by atoms with Gasteiger partial charge in [0.25, 0.3) is 0 Å². The lowest BCUT2D eigenvalue weighted by Crippen LogP contribution is -2.44. The van der Waals surface area contributed by atoms with Crippen LogP contribution in [0.3, 0.4) is 0 Å². The molecule has 2 aliphatic rings. The van der Waals surface area contributed by atoms with E-state index in [0.29, 0.717) is 0 Å².